The topological polar surface area (TPSA) is 136 Å². The second kappa shape index (κ2) is 18.3. The number of nitrogens with zero attached hydrogens (tertiary/aromatic N) is 4. The molecule has 4 aromatic carbocycles. The summed E-state index contributed by atoms with van der Waals surface area (Å²) >= 11 is 0. The van der Waals surface area contributed by atoms with Gasteiger partial charge in [-0.2, -0.15) is 0 Å². The van der Waals surface area contributed by atoms with Gasteiger partial charge >= 0.3 is 11.9 Å². The first kappa shape index (κ1) is 42.7. The van der Waals surface area contributed by atoms with Crippen molar-refractivity contribution in [1.82, 2.24) is 29.9 Å². The summed E-state index contributed by atoms with van der Waals surface area (Å²) in [5.74, 6) is 3.26. The Hall–Kier alpha value is -6.56. The molecular weight excluding hydrogens is 811 g/mol. The van der Waals surface area contributed by atoms with Gasteiger partial charge in [-0.05, 0) is 171 Å². The highest BCUT2D eigenvalue weighted by molar-refractivity contribution is 5.94. The van der Waals surface area contributed by atoms with Crippen LogP contribution in [0.2, 0.25) is 0 Å². The molecule has 12 heteroatoms. The zero-order valence-corrected chi connectivity index (χ0v) is 36.5. The minimum absolute atomic E-state index is 0.214. The Morgan fingerprint density at radius 1 is 0.547 bits per heavy atom. The van der Waals surface area contributed by atoms with Crippen molar-refractivity contribution in [2.75, 3.05) is 14.2 Å². The fourth-order valence-electron chi connectivity index (χ4n) is 10.3. The minimum Gasteiger partial charge on any atom is -0.465 e. The van der Waals surface area contributed by atoms with Gasteiger partial charge in [0.05, 0.1) is 58.4 Å². The molecule has 0 aliphatic heterocycles. The number of carbonyl (C=O) groups excluding carboxylic acids is 2. The Morgan fingerprint density at radius 2 is 0.938 bits per heavy atom. The lowest BCUT2D eigenvalue weighted by molar-refractivity contribution is 0.0592. The number of pyridine rings is 2. The third-order valence-electron chi connectivity index (χ3n) is 14.0. The molecule has 4 aromatic heterocycles. The Bertz CT molecular complexity index is 2780. The average Bonchev–Trinajstić information content (AvgIpc) is 3.97. The molecule has 10 rings (SSSR count). The number of imidazole rings is 2. The van der Waals surface area contributed by atoms with Gasteiger partial charge in [0.1, 0.15) is 23.3 Å². The minimum atomic E-state index is -0.349. The van der Waals surface area contributed by atoms with E-state index in [-0.39, 0.29) is 35.4 Å². The molecule has 4 heterocycles. The van der Waals surface area contributed by atoms with E-state index in [0.29, 0.717) is 34.8 Å². The Balaban J connectivity index is 0.000000162. The predicted octanol–water partition coefficient (Wildman–Crippen LogP) is 12.2. The number of carbonyl (C=O) groups is 2. The molecule has 0 saturated heterocycles. The van der Waals surface area contributed by atoms with Gasteiger partial charge in [-0.25, -0.2) is 28.3 Å². The number of nitrogens with one attached hydrogen (secondary N) is 2. The van der Waals surface area contributed by atoms with Crippen LogP contribution in [0.3, 0.4) is 0 Å². The molecule has 2 atom stereocenters. The maximum Gasteiger partial charge on any atom is 0.337 e. The fourth-order valence-corrected chi connectivity index (χ4v) is 10.3. The van der Waals surface area contributed by atoms with E-state index in [4.69, 9.17) is 19.4 Å². The van der Waals surface area contributed by atoms with Crippen LogP contribution in [0.25, 0.3) is 43.9 Å². The molecule has 0 radical (unpaired) electrons. The highest BCUT2D eigenvalue weighted by atomic mass is 19.1. The van der Waals surface area contributed by atoms with Crippen LogP contribution in [0.5, 0.6) is 0 Å². The Labute approximate surface area is 370 Å². The maximum atomic E-state index is 13.9. The number of H-pyrrole nitrogens is 2. The smallest absolute Gasteiger partial charge is 0.337 e. The molecule has 0 bridgehead atoms. The van der Waals surface area contributed by atoms with Gasteiger partial charge < -0.3 is 19.4 Å². The van der Waals surface area contributed by atoms with Crippen molar-refractivity contribution in [1.29, 1.82) is 0 Å². The number of methoxy groups -OCH3 is 2. The normalized spacial score (nSPS) is 19.8. The maximum absolute atomic E-state index is 13.9. The average molecular weight is 863 g/mol. The quantitative estimate of drug-likeness (QED) is 0.144. The number of halogens is 2. The molecule has 2 aliphatic rings. The van der Waals surface area contributed by atoms with Crippen LogP contribution in [0.15, 0.2) is 97.3 Å². The Kier molecular flexibility index (Phi) is 12.2. The van der Waals surface area contributed by atoms with Crippen molar-refractivity contribution in [2.45, 2.75) is 88.9 Å². The zero-order chi connectivity index (χ0) is 44.5. The van der Waals surface area contributed by atoms with Crippen LogP contribution in [0.4, 0.5) is 8.78 Å². The summed E-state index contributed by atoms with van der Waals surface area (Å²) in [4.78, 5) is 48.8. The molecule has 0 spiro atoms. The lowest BCUT2D eigenvalue weighted by Gasteiger charge is -2.32. The van der Waals surface area contributed by atoms with E-state index < -0.39 is 0 Å². The molecular formula is C52H52F2N6O4. The lowest BCUT2D eigenvalue weighted by Crippen LogP contribution is -2.19. The second-order valence-electron chi connectivity index (χ2n) is 17.6. The van der Waals surface area contributed by atoms with Crippen molar-refractivity contribution in [3.63, 3.8) is 0 Å². The SMILES string of the molecule is COC(=O)c1ccc2nc([C@@H](C)C3CCC(c4ccnc5ccc(F)cc45)CC3)[nH]c2c1.COC(=O)c1ccc2nc([C@H](C)C3CCC(c4ccnc5ccc(F)cc45)CC3)[nH]c2c1. The van der Waals surface area contributed by atoms with Gasteiger partial charge in [-0.1, -0.05) is 13.8 Å². The van der Waals surface area contributed by atoms with E-state index in [1.165, 1.54) is 37.5 Å². The van der Waals surface area contributed by atoms with E-state index in [1.54, 1.807) is 48.5 Å². The van der Waals surface area contributed by atoms with E-state index in [0.717, 1.165) is 107 Å². The van der Waals surface area contributed by atoms with E-state index in [1.807, 2.05) is 36.7 Å². The number of esters is 2. The lowest BCUT2D eigenvalue weighted by atomic mass is 9.73. The van der Waals surface area contributed by atoms with E-state index in [9.17, 15) is 18.4 Å². The van der Waals surface area contributed by atoms with Gasteiger partial charge in [-0.15, -0.1) is 0 Å². The van der Waals surface area contributed by atoms with Crippen LogP contribution in [-0.2, 0) is 9.47 Å². The molecule has 2 aliphatic carbocycles. The molecule has 64 heavy (non-hydrogen) atoms. The summed E-state index contributed by atoms with van der Waals surface area (Å²) in [5, 5.41) is 1.87. The van der Waals surface area contributed by atoms with Crippen molar-refractivity contribution < 1.29 is 27.8 Å². The van der Waals surface area contributed by atoms with Crippen molar-refractivity contribution in [2.24, 2.45) is 11.8 Å². The number of benzene rings is 4. The van der Waals surface area contributed by atoms with Crippen LogP contribution in [0.1, 0.15) is 132 Å². The van der Waals surface area contributed by atoms with E-state index in [2.05, 4.69) is 33.8 Å². The predicted molar refractivity (Wildman–Crippen MR) is 244 cm³/mol. The van der Waals surface area contributed by atoms with Gasteiger partial charge in [0, 0.05) is 35.0 Å². The molecule has 0 unspecified atom stereocenters. The van der Waals surface area contributed by atoms with Crippen LogP contribution in [0, 0.1) is 23.5 Å². The summed E-state index contributed by atoms with van der Waals surface area (Å²) in [5.41, 5.74) is 8.59. The third-order valence-corrected chi connectivity index (χ3v) is 14.0. The number of aromatic nitrogens is 6. The van der Waals surface area contributed by atoms with E-state index >= 15 is 0 Å². The first-order chi connectivity index (χ1) is 31.1. The van der Waals surface area contributed by atoms with Crippen LogP contribution in [-0.4, -0.2) is 56.1 Å². The van der Waals surface area contributed by atoms with Crippen molar-refractivity contribution >= 4 is 55.8 Å². The van der Waals surface area contributed by atoms with Gasteiger partial charge in [-0.3, -0.25) is 9.97 Å². The molecule has 0 amide bonds. The summed E-state index contributed by atoms with van der Waals surface area (Å²) in [6.07, 6.45) is 12.3. The van der Waals surface area contributed by atoms with Crippen molar-refractivity contribution in [3.8, 4) is 0 Å². The molecule has 2 N–H and O–H groups in total. The highest BCUT2D eigenvalue weighted by Crippen LogP contribution is 2.44. The summed E-state index contributed by atoms with van der Waals surface area (Å²) in [6, 6.07) is 24.6. The summed E-state index contributed by atoms with van der Waals surface area (Å²) < 4.78 is 37.3. The zero-order valence-electron chi connectivity index (χ0n) is 36.5. The van der Waals surface area contributed by atoms with Gasteiger partial charge in [0.15, 0.2) is 0 Å². The summed E-state index contributed by atoms with van der Waals surface area (Å²) in [6.45, 7) is 4.45. The fraction of sp³-hybridized carbons (Fsp3) is 0.346. The van der Waals surface area contributed by atoms with Gasteiger partial charge in [0.25, 0.3) is 0 Å². The number of hydrogen-bond donors (Lipinski definition) is 2. The molecule has 10 nitrogen and oxygen atoms in total. The molecule has 328 valence electrons. The number of rotatable bonds is 8. The van der Waals surface area contributed by atoms with Crippen molar-refractivity contribution in [3.05, 3.63) is 143 Å². The monoisotopic (exact) mass is 862 g/mol. The molecule has 2 saturated carbocycles. The first-order valence-corrected chi connectivity index (χ1v) is 22.3. The standard InChI is InChI=1S/2C26H26FN3O2/c2*1-15(25-29-23-9-7-18(26(31)32-2)13-24(23)30-25)16-3-5-17(6-4-16)20-11-12-28-22-10-8-19(27)14-21(20)22/h2*7-17H,3-6H2,1-2H3,(H,29,30)/t2*15-,16?,17?/m10/s1. The number of ether oxygens (including phenoxy) is 2. The number of fused-ring (bicyclic) bond motifs is 4. The molecule has 8 aromatic rings. The second-order valence-corrected chi connectivity index (χ2v) is 17.6. The third kappa shape index (κ3) is 8.70. The number of hydrogen-bond acceptors (Lipinski definition) is 8. The molecule has 2 fully saturated rings. The first-order valence-electron chi connectivity index (χ1n) is 22.3. The Morgan fingerprint density at radius 3 is 1.33 bits per heavy atom. The highest BCUT2D eigenvalue weighted by Gasteiger charge is 2.31. The largest absolute Gasteiger partial charge is 0.465 e. The summed E-state index contributed by atoms with van der Waals surface area (Å²) in [7, 11) is 2.77. The number of aromatic amines is 2. The van der Waals surface area contributed by atoms with Gasteiger partial charge in [0.2, 0.25) is 0 Å². The van der Waals surface area contributed by atoms with Crippen LogP contribution >= 0.6 is 0 Å². The van der Waals surface area contributed by atoms with Crippen LogP contribution < -0.4 is 0 Å².